The summed E-state index contributed by atoms with van der Waals surface area (Å²) in [6, 6.07) is 7.96. The molecule has 156 valence electrons. The van der Waals surface area contributed by atoms with E-state index >= 15 is 0 Å². The van der Waals surface area contributed by atoms with E-state index in [0.717, 1.165) is 37.4 Å². The highest BCUT2D eigenvalue weighted by molar-refractivity contribution is 8.18. The molecule has 0 radical (unpaired) electrons. The van der Waals surface area contributed by atoms with Crippen LogP contribution in [0.25, 0.3) is 17.4 Å². The third-order valence-corrected chi connectivity index (χ3v) is 6.66. The topological polar surface area (TPSA) is 87.8 Å². The number of benzene rings is 1. The van der Waals surface area contributed by atoms with Crippen molar-refractivity contribution in [2.75, 3.05) is 6.54 Å². The lowest BCUT2D eigenvalue weighted by molar-refractivity contribution is -0.123. The molecule has 0 bridgehead atoms. The van der Waals surface area contributed by atoms with Gasteiger partial charge < -0.3 is 9.52 Å². The number of imide groups is 1. The number of halogens is 1. The molecular formula is C22H20ClNO5S. The summed E-state index contributed by atoms with van der Waals surface area (Å²) >= 11 is 6.83. The predicted octanol–water partition coefficient (Wildman–Crippen LogP) is 5.91. The maximum atomic E-state index is 12.7. The highest BCUT2D eigenvalue weighted by Gasteiger charge is 2.36. The van der Waals surface area contributed by atoms with Crippen molar-refractivity contribution in [2.24, 2.45) is 5.92 Å². The van der Waals surface area contributed by atoms with Gasteiger partial charge in [0.25, 0.3) is 11.1 Å². The number of carbonyl (C=O) groups is 3. The summed E-state index contributed by atoms with van der Waals surface area (Å²) in [6.45, 7) is 0.480. The Hall–Kier alpha value is -2.51. The summed E-state index contributed by atoms with van der Waals surface area (Å²) in [5.74, 6) is -0.162. The van der Waals surface area contributed by atoms with Gasteiger partial charge in [-0.2, -0.15) is 0 Å². The molecule has 30 heavy (non-hydrogen) atoms. The van der Waals surface area contributed by atoms with Gasteiger partial charge in [-0.15, -0.1) is 0 Å². The van der Waals surface area contributed by atoms with Gasteiger partial charge in [0.05, 0.1) is 15.5 Å². The minimum atomic E-state index is -1.12. The molecule has 1 aromatic carbocycles. The van der Waals surface area contributed by atoms with Crippen LogP contribution in [0.3, 0.4) is 0 Å². The summed E-state index contributed by atoms with van der Waals surface area (Å²) < 4.78 is 5.77. The predicted molar refractivity (Wildman–Crippen MR) is 115 cm³/mol. The quantitative estimate of drug-likeness (QED) is 0.575. The Balaban J connectivity index is 1.51. The van der Waals surface area contributed by atoms with Crippen LogP contribution in [0.5, 0.6) is 0 Å². The Morgan fingerprint density at radius 2 is 1.97 bits per heavy atom. The molecule has 1 aliphatic heterocycles. The van der Waals surface area contributed by atoms with Gasteiger partial charge in [-0.1, -0.05) is 30.9 Å². The van der Waals surface area contributed by atoms with Crippen molar-refractivity contribution < 1.29 is 23.9 Å². The zero-order valence-electron chi connectivity index (χ0n) is 16.1. The highest BCUT2D eigenvalue weighted by atomic mass is 35.5. The monoisotopic (exact) mass is 445 g/mol. The first-order valence-corrected chi connectivity index (χ1v) is 11.0. The second-order valence-electron chi connectivity index (χ2n) is 7.50. The average Bonchev–Trinajstić information content (AvgIpc) is 3.29. The zero-order valence-corrected chi connectivity index (χ0v) is 17.7. The van der Waals surface area contributed by atoms with Crippen LogP contribution in [0, 0.1) is 5.92 Å². The molecule has 2 aromatic rings. The highest BCUT2D eigenvalue weighted by Crippen LogP contribution is 2.36. The number of hydrogen-bond donors (Lipinski definition) is 1. The van der Waals surface area contributed by atoms with Gasteiger partial charge in [0.1, 0.15) is 11.5 Å². The Bertz CT molecular complexity index is 1040. The number of furan rings is 1. The van der Waals surface area contributed by atoms with E-state index in [1.54, 1.807) is 24.3 Å². The fourth-order valence-electron chi connectivity index (χ4n) is 3.84. The van der Waals surface area contributed by atoms with E-state index in [2.05, 4.69) is 0 Å². The van der Waals surface area contributed by atoms with Crippen molar-refractivity contribution in [3.63, 3.8) is 0 Å². The van der Waals surface area contributed by atoms with Crippen molar-refractivity contribution >= 4 is 46.6 Å². The van der Waals surface area contributed by atoms with E-state index < -0.39 is 5.97 Å². The van der Waals surface area contributed by atoms with E-state index in [9.17, 15) is 19.5 Å². The SMILES string of the molecule is O=C(O)c1cc(-c2ccc(/C=C3\SC(=O)N(CC4CCCCC4)C3=O)o2)ccc1Cl. The molecule has 2 amide bonds. The van der Waals surface area contributed by atoms with Gasteiger partial charge >= 0.3 is 5.97 Å². The summed E-state index contributed by atoms with van der Waals surface area (Å²) in [5.41, 5.74) is 0.540. The molecule has 2 fully saturated rings. The number of carboxylic acids is 1. The van der Waals surface area contributed by atoms with Crippen LogP contribution < -0.4 is 0 Å². The van der Waals surface area contributed by atoms with Crippen LogP contribution in [0.4, 0.5) is 4.79 Å². The molecule has 0 unspecified atom stereocenters. The lowest BCUT2D eigenvalue weighted by atomic mass is 9.89. The number of nitrogens with zero attached hydrogens (tertiary/aromatic N) is 1. The minimum Gasteiger partial charge on any atom is -0.478 e. The fourth-order valence-corrected chi connectivity index (χ4v) is 4.87. The second kappa shape index (κ2) is 8.70. The normalized spacial score (nSPS) is 19.1. The number of amides is 2. The van der Waals surface area contributed by atoms with E-state index in [0.29, 0.717) is 34.5 Å². The van der Waals surface area contributed by atoms with Crippen molar-refractivity contribution in [2.45, 2.75) is 32.1 Å². The Morgan fingerprint density at radius 3 is 2.70 bits per heavy atom. The molecule has 2 aliphatic rings. The van der Waals surface area contributed by atoms with Gasteiger partial charge in [0, 0.05) is 18.2 Å². The standard InChI is InChI=1S/C22H20ClNO5S/c23-17-8-6-14(10-16(17)21(26)27)18-9-7-15(29-18)11-19-20(25)24(22(28)30-19)12-13-4-2-1-3-5-13/h6-11,13H,1-5,12H2,(H,26,27)/b19-11-. The number of thioether (sulfide) groups is 1. The van der Waals surface area contributed by atoms with Crippen molar-refractivity contribution in [3.8, 4) is 11.3 Å². The number of carboxylic acid groups (broad SMARTS) is 1. The first-order chi connectivity index (χ1) is 14.4. The summed E-state index contributed by atoms with van der Waals surface area (Å²) in [6.07, 6.45) is 7.20. The smallest absolute Gasteiger partial charge is 0.337 e. The maximum Gasteiger partial charge on any atom is 0.337 e. The zero-order chi connectivity index (χ0) is 21.3. The minimum absolute atomic E-state index is 0.0176. The number of hydrogen-bond acceptors (Lipinski definition) is 5. The molecule has 0 spiro atoms. The summed E-state index contributed by atoms with van der Waals surface area (Å²) in [4.78, 5) is 38.0. The summed E-state index contributed by atoms with van der Waals surface area (Å²) in [7, 11) is 0. The van der Waals surface area contributed by atoms with Gasteiger partial charge in [0.15, 0.2) is 0 Å². The summed E-state index contributed by atoms with van der Waals surface area (Å²) in [5, 5.41) is 9.13. The van der Waals surface area contributed by atoms with Gasteiger partial charge in [-0.05, 0) is 60.9 Å². The van der Waals surface area contributed by atoms with Crippen LogP contribution >= 0.6 is 23.4 Å². The molecule has 1 saturated carbocycles. The van der Waals surface area contributed by atoms with Crippen LogP contribution in [0.1, 0.15) is 48.2 Å². The van der Waals surface area contributed by atoms with Crippen molar-refractivity contribution in [1.82, 2.24) is 4.90 Å². The Morgan fingerprint density at radius 1 is 1.20 bits per heavy atom. The van der Waals surface area contributed by atoms with Crippen LogP contribution in [0.2, 0.25) is 5.02 Å². The number of carbonyl (C=O) groups excluding carboxylic acids is 2. The molecule has 1 saturated heterocycles. The third-order valence-electron chi connectivity index (χ3n) is 5.42. The average molecular weight is 446 g/mol. The first-order valence-electron chi connectivity index (χ1n) is 9.81. The lowest BCUT2D eigenvalue weighted by Crippen LogP contribution is -2.34. The number of rotatable bonds is 5. The van der Waals surface area contributed by atoms with Crippen LogP contribution in [-0.2, 0) is 4.79 Å². The molecule has 6 nitrogen and oxygen atoms in total. The van der Waals surface area contributed by atoms with E-state index in [1.165, 1.54) is 23.5 Å². The molecule has 0 atom stereocenters. The van der Waals surface area contributed by atoms with E-state index in [4.69, 9.17) is 16.0 Å². The molecule has 4 rings (SSSR count). The van der Waals surface area contributed by atoms with Crippen molar-refractivity contribution in [3.05, 3.63) is 51.6 Å². The van der Waals surface area contributed by atoms with E-state index in [1.807, 2.05) is 0 Å². The van der Waals surface area contributed by atoms with Crippen LogP contribution in [0.15, 0.2) is 39.7 Å². The molecule has 1 aromatic heterocycles. The molecule has 2 heterocycles. The van der Waals surface area contributed by atoms with Crippen molar-refractivity contribution in [1.29, 1.82) is 0 Å². The molecule has 1 N–H and O–H groups in total. The molecule has 1 aliphatic carbocycles. The largest absolute Gasteiger partial charge is 0.478 e. The lowest BCUT2D eigenvalue weighted by Gasteiger charge is -2.25. The van der Waals surface area contributed by atoms with E-state index in [-0.39, 0.29) is 21.7 Å². The Labute approximate surface area is 182 Å². The van der Waals surface area contributed by atoms with Gasteiger partial charge in [-0.25, -0.2) is 4.79 Å². The van der Waals surface area contributed by atoms with Crippen LogP contribution in [-0.4, -0.2) is 33.7 Å². The second-order valence-corrected chi connectivity index (χ2v) is 8.90. The number of aromatic carboxylic acids is 1. The maximum absolute atomic E-state index is 12.7. The first kappa shape index (κ1) is 20.8. The fraction of sp³-hybridized carbons (Fsp3) is 0.318. The third kappa shape index (κ3) is 4.32. The Kier molecular flexibility index (Phi) is 6.01. The molecule has 8 heteroatoms. The van der Waals surface area contributed by atoms with Gasteiger partial charge in [0.2, 0.25) is 0 Å². The molecular weight excluding hydrogens is 426 g/mol. The van der Waals surface area contributed by atoms with Gasteiger partial charge in [-0.3, -0.25) is 14.5 Å².